The molecule has 0 aliphatic rings. The van der Waals surface area contributed by atoms with E-state index < -0.39 is 11.8 Å². The molecule has 0 fully saturated rings. The van der Waals surface area contributed by atoms with Gasteiger partial charge in [-0.05, 0) is 30.3 Å². The SMILES string of the molecule is COc1ccc(C(=O)N(C)C)cc1NC(=O)CN(C)C(=O)c1ccco1. The summed E-state index contributed by atoms with van der Waals surface area (Å²) in [7, 11) is 6.23. The molecule has 0 saturated heterocycles. The van der Waals surface area contributed by atoms with Gasteiger partial charge in [0.05, 0.1) is 25.6 Å². The van der Waals surface area contributed by atoms with Gasteiger partial charge in [-0.3, -0.25) is 14.4 Å². The summed E-state index contributed by atoms with van der Waals surface area (Å²) in [6.07, 6.45) is 1.39. The molecule has 1 aromatic heterocycles. The highest BCUT2D eigenvalue weighted by Gasteiger charge is 2.19. The summed E-state index contributed by atoms with van der Waals surface area (Å²) in [5.41, 5.74) is 0.759. The van der Waals surface area contributed by atoms with E-state index in [-0.39, 0.29) is 18.2 Å². The average Bonchev–Trinajstić information content (AvgIpc) is 3.14. The number of benzene rings is 1. The van der Waals surface area contributed by atoms with Crippen LogP contribution in [0.15, 0.2) is 41.0 Å². The monoisotopic (exact) mass is 359 g/mol. The highest BCUT2D eigenvalue weighted by molar-refractivity contribution is 6.00. The lowest BCUT2D eigenvalue weighted by Gasteiger charge is -2.17. The zero-order valence-electron chi connectivity index (χ0n) is 15.1. The lowest BCUT2D eigenvalue weighted by molar-refractivity contribution is -0.116. The molecule has 0 unspecified atom stereocenters. The van der Waals surface area contributed by atoms with Gasteiger partial charge in [-0.25, -0.2) is 0 Å². The van der Waals surface area contributed by atoms with Crippen molar-refractivity contribution in [1.82, 2.24) is 9.80 Å². The van der Waals surface area contributed by atoms with Crippen molar-refractivity contribution >= 4 is 23.4 Å². The van der Waals surface area contributed by atoms with Crippen molar-refractivity contribution in [1.29, 1.82) is 0 Å². The summed E-state index contributed by atoms with van der Waals surface area (Å²) >= 11 is 0. The Kier molecular flexibility index (Phi) is 6.00. The Morgan fingerprint density at radius 1 is 1.12 bits per heavy atom. The predicted molar refractivity (Wildman–Crippen MR) is 95.3 cm³/mol. The number of hydrogen-bond donors (Lipinski definition) is 1. The number of hydrogen-bond acceptors (Lipinski definition) is 5. The lowest BCUT2D eigenvalue weighted by Crippen LogP contribution is -2.34. The summed E-state index contributed by atoms with van der Waals surface area (Å²) < 4.78 is 10.2. The molecule has 0 bridgehead atoms. The van der Waals surface area contributed by atoms with Gasteiger partial charge < -0.3 is 24.3 Å². The van der Waals surface area contributed by atoms with Crippen molar-refractivity contribution in [3.63, 3.8) is 0 Å². The molecule has 1 N–H and O–H groups in total. The van der Waals surface area contributed by atoms with Gasteiger partial charge in [0.1, 0.15) is 5.75 Å². The van der Waals surface area contributed by atoms with Gasteiger partial charge >= 0.3 is 0 Å². The van der Waals surface area contributed by atoms with Crippen LogP contribution in [0.25, 0.3) is 0 Å². The second-order valence-electron chi connectivity index (χ2n) is 5.80. The Morgan fingerprint density at radius 3 is 2.42 bits per heavy atom. The van der Waals surface area contributed by atoms with Gasteiger partial charge in [-0.1, -0.05) is 0 Å². The molecular formula is C18H21N3O5. The molecule has 26 heavy (non-hydrogen) atoms. The van der Waals surface area contributed by atoms with Crippen LogP contribution >= 0.6 is 0 Å². The van der Waals surface area contributed by atoms with Crippen molar-refractivity contribution in [2.75, 3.05) is 40.1 Å². The van der Waals surface area contributed by atoms with E-state index in [0.29, 0.717) is 17.0 Å². The molecule has 0 radical (unpaired) electrons. The second-order valence-corrected chi connectivity index (χ2v) is 5.80. The third-order valence-electron chi connectivity index (χ3n) is 3.59. The van der Waals surface area contributed by atoms with E-state index >= 15 is 0 Å². The third-order valence-corrected chi connectivity index (χ3v) is 3.59. The van der Waals surface area contributed by atoms with Crippen LogP contribution in [0.4, 0.5) is 5.69 Å². The van der Waals surface area contributed by atoms with E-state index in [9.17, 15) is 14.4 Å². The first-order valence-corrected chi connectivity index (χ1v) is 7.82. The normalized spacial score (nSPS) is 10.2. The number of nitrogens with zero attached hydrogens (tertiary/aromatic N) is 2. The molecule has 138 valence electrons. The van der Waals surface area contributed by atoms with E-state index in [4.69, 9.17) is 9.15 Å². The number of carbonyl (C=O) groups is 3. The van der Waals surface area contributed by atoms with Gasteiger partial charge in [0, 0.05) is 26.7 Å². The minimum absolute atomic E-state index is 0.149. The molecule has 0 aliphatic heterocycles. The fraction of sp³-hybridized carbons (Fsp3) is 0.278. The molecule has 1 heterocycles. The number of nitrogens with one attached hydrogen (secondary N) is 1. The van der Waals surface area contributed by atoms with Crippen LogP contribution in [0, 0.1) is 0 Å². The smallest absolute Gasteiger partial charge is 0.289 e. The summed E-state index contributed by atoms with van der Waals surface area (Å²) in [5, 5.41) is 2.67. The van der Waals surface area contributed by atoms with Gasteiger partial charge in [0.2, 0.25) is 5.91 Å². The van der Waals surface area contributed by atoms with E-state index in [1.807, 2.05) is 0 Å². The Bertz CT molecular complexity index is 799. The van der Waals surface area contributed by atoms with Crippen LogP contribution < -0.4 is 10.1 Å². The van der Waals surface area contributed by atoms with Crippen LogP contribution in [-0.2, 0) is 4.79 Å². The molecule has 0 spiro atoms. The van der Waals surface area contributed by atoms with E-state index in [2.05, 4.69) is 5.32 Å². The number of rotatable bonds is 6. The topological polar surface area (TPSA) is 92.1 Å². The maximum absolute atomic E-state index is 12.3. The zero-order valence-corrected chi connectivity index (χ0v) is 15.1. The predicted octanol–water partition coefficient (Wildman–Crippen LogP) is 1.70. The third kappa shape index (κ3) is 4.41. The standard InChI is InChI=1S/C18H21N3O5/c1-20(2)17(23)12-7-8-14(25-4)13(10-12)19-16(22)11-21(3)18(24)15-6-5-9-26-15/h5-10H,11H2,1-4H3,(H,19,22). The van der Waals surface area contributed by atoms with Crippen LogP contribution in [0.3, 0.4) is 0 Å². The number of likely N-dealkylation sites (N-methyl/N-ethyl adjacent to an activating group) is 1. The number of methoxy groups -OCH3 is 1. The fourth-order valence-corrected chi connectivity index (χ4v) is 2.26. The first kappa shape index (κ1) is 19.0. The first-order chi connectivity index (χ1) is 12.3. The maximum atomic E-state index is 12.3. The second kappa shape index (κ2) is 8.19. The highest BCUT2D eigenvalue weighted by Crippen LogP contribution is 2.26. The Labute approximate surface area is 151 Å². The molecule has 8 heteroatoms. The number of amides is 3. The molecule has 8 nitrogen and oxygen atoms in total. The maximum Gasteiger partial charge on any atom is 0.289 e. The minimum Gasteiger partial charge on any atom is -0.495 e. The zero-order chi connectivity index (χ0) is 19.3. The Balaban J connectivity index is 2.11. The number of carbonyl (C=O) groups excluding carboxylic acids is 3. The molecule has 2 aromatic rings. The van der Waals surface area contributed by atoms with Crippen LogP contribution in [0.5, 0.6) is 5.75 Å². The summed E-state index contributed by atoms with van der Waals surface area (Å²) in [6.45, 7) is -0.186. The first-order valence-electron chi connectivity index (χ1n) is 7.82. The van der Waals surface area contributed by atoms with Crippen molar-refractivity contribution in [3.8, 4) is 5.75 Å². The minimum atomic E-state index is -0.430. The fourth-order valence-electron chi connectivity index (χ4n) is 2.26. The molecule has 2 rings (SSSR count). The Morgan fingerprint density at radius 2 is 1.85 bits per heavy atom. The summed E-state index contributed by atoms with van der Waals surface area (Å²) in [6, 6.07) is 7.87. The quantitative estimate of drug-likeness (QED) is 0.847. The van der Waals surface area contributed by atoms with Crippen molar-refractivity contribution < 1.29 is 23.5 Å². The molecule has 0 atom stereocenters. The number of anilines is 1. The summed E-state index contributed by atoms with van der Waals surface area (Å²) in [5.74, 6) is -0.479. The molecule has 0 aliphatic carbocycles. The van der Waals surface area contributed by atoms with E-state index in [1.165, 1.54) is 42.4 Å². The lowest BCUT2D eigenvalue weighted by atomic mass is 10.1. The molecule has 3 amide bonds. The number of furan rings is 1. The largest absolute Gasteiger partial charge is 0.495 e. The van der Waals surface area contributed by atoms with Gasteiger partial charge in [-0.2, -0.15) is 0 Å². The summed E-state index contributed by atoms with van der Waals surface area (Å²) in [4.78, 5) is 39.2. The molecule has 0 saturated carbocycles. The van der Waals surface area contributed by atoms with Crippen LogP contribution in [0.1, 0.15) is 20.9 Å². The van der Waals surface area contributed by atoms with Gasteiger partial charge in [0.15, 0.2) is 5.76 Å². The van der Waals surface area contributed by atoms with Crippen LogP contribution in [-0.4, -0.2) is 62.3 Å². The van der Waals surface area contributed by atoms with Crippen LogP contribution in [0.2, 0.25) is 0 Å². The van der Waals surface area contributed by atoms with Crippen molar-refractivity contribution in [3.05, 3.63) is 47.9 Å². The van der Waals surface area contributed by atoms with E-state index in [0.717, 1.165) is 0 Å². The van der Waals surface area contributed by atoms with Crippen molar-refractivity contribution in [2.24, 2.45) is 0 Å². The molecular weight excluding hydrogens is 338 g/mol. The number of ether oxygens (including phenoxy) is 1. The van der Waals surface area contributed by atoms with Gasteiger partial charge in [-0.15, -0.1) is 0 Å². The Hall–Kier alpha value is -3.29. The van der Waals surface area contributed by atoms with E-state index in [1.54, 1.807) is 32.3 Å². The average molecular weight is 359 g/mol. The molecule has 1 aromatic carbocycles. The van der Waals surface area contributed by atoms with Crippen molar-refractivity contribution in [2.45, 2.75) is 0 Å². The highest BCUT2D eigenvalue weighted by atomic mass is 16.5. The van der Waals surface area contributed by atoms with Gasteiger partial charge in [0.25, 0.3) is 11.8 Å².